The van der Waals surface area contributed by atoms with Crippen LogP contribution in [0.25, 0.3) is 0 Å². The number of anilines is 1. The first-order valence-corrected chi connectivity index (χ1v) is 7.16. The molecule has 2 aromatic carbocycles. The Kier molecular flexibility index (Phi) is 5.28. The summed E-state index contributed by atoms with van der Waals surface area (Å²) < 4.78 is 10.5. The second-order valence-electron chi connectivity index (χ2n) is 4.90. The van der Waals surface area contributed by atoms with E-state index in [1.54, 1.807) is 32.6 Å². The summed E-state index contributed by atoms with van der Waals surface area (Å²) >= 11 is 6.14. The van der Waals surface area contributed by atoms with Crippen molar-refractivity contribution in [1.82, 2.24) is 0 Å². The molecular formula is C17H19ClN2O2. The fraction of sp³-hybridized carbons (Fsp3) is 0.235. The smallest absolute Gasteiger partial charge is 0.148 e. The number of halogens is 1. The molecule has 0 atom stereocenters. The first-order valence-electron chi connectivity index (χ1n) is 6.78. The van der Waals surface area contributed by atoms with Crippen molar-refractivity contribution in [2.24, 2.45) is 4.99 Å². The lowest BCUT2D eigenvalue weighted by atomic mass is 10.2. The molecule has 4 nitrogen and oxygen atoms in total. The summed E-state index contributed by atoms with van der Waals surface area (Å²) in [6, 6.07) is 11.6. The van der Waals surface area contributed by atoms with Gasteiger partial charge in [-0.1, -0.05) is 23.7 Å². The van der Waals surface area contributed by atoms with Crippen LogP contribution in [0, 0.1) is 0 Å². The lowest BCUT2D eigenvalue weighted by Crippen LogP contribution is -2.08. The Morgan fingerprint density at radius 2 is 1.64 bits per heavy atom. The van der Waals surface area contributed by atoms with Gasteiger partial charge in [-0.05, 0) is 23.8 Å². The monoisotopic (exact) mass is 318 g/mol. The summed E-state index contributed by atoms with van der Waals surface area (Å²) in [5, 5.41) is 0.499. The van der Waals surface area contributed by atoms with E-state index in [0.717, 1.165) is 11.3 Å². The molecule has 116 valence electrons. The summed E-state index contributed by atoms with van der Waals surface area (Å²) in [7, 11) is 7.17. The molecule has 0 aromatic heterocycles. The van der Waals surface area contributed by atoms with Crippen LogP contribution in [0.1, 0.15) is 5.56 Å². The van der Waals surface area contributed by atoms with Crippen LogP contribution in [0.15, 0.2) is 41.4 Å². The molecule has 0 aliphatic heterocycles. The summed E-state index contributed by atoms with van der Waals surface area (Å²) in [5.74, 6) is 1.18. The van der Waals surface area contributed by atoms with Gasteiger partial charge in [-0.25, -0.2) is 0 Å². The predicted octanol–water partition coefficient (Wildman–Crippen LogP) is 4.17. The summed E-state index contributed by atoms with van der Waals surface area (Å²) in [4.78, 5) is 6.50. The van der Waals surface area contributed by atoms with Crippen LogP contribution in [0.4, 0.5) is 11.4 Å². The maximum Gasteiger partial charge on any atom is 0.148 e. The number of ether oxygens (including phenoxy) is 2. The van der Waals surface area contributed by atoms with E-state index in [4.69, 9.17) is 21.1 Å². The van der Waals surface area contributed by atoms with E-state index in [1.165, 1.54) is 0 Å². The molecule has 0 aliphatic carbocycles. The zero-order chi connectivity index (χ0) is 16.1. The van der Waals surface area contributed by atoms with Gasteiger partial charge in [0.1, 0.15) is 17.2 Å². The van der Waals surface area contributed by atoms with Gasteiger partial charge in [-0.15, -0.1) is 0 Å². The van der Waals surface area contributed by atoms with Gasteiger partial charge in [-0.3, -0.25) is 4.99 Å². The molecule has 2 rings (SSSR count). The van der Waals surface area contributed by atoms with Gasteiger partial charge in [0.25, 0.3) is 0 Å². The highest BCUT2D eigenvalue weighted by atomic mass is 35.5. The minimum Gasteiger partial charge on any atom is -0.495 e. The van der Waals surface area contributed by atoms with Crippen LogP contribution in [0.2, 0.25) is 5.02 Å². The fourth-order valence-corrected chi connectivity index (χ4v) is 2.18. The molecule has 0 spiro atoms. The molecule has 0 heterocycles. The minimum absolute atomic E-state index is 0.499. The zero-order valence-corrected chi connectivity index (χ0v) is 13.9. The van der Waals surface area contributed by atoms with E-state index in [1.807, 2.05) is 43.3 Å². The maximum absolute atomic E-state index is 6.14. The first kappa shape index (κ1) is 16.2. The third-order valence-electron chi connectivity index (χ3n) is 3.22. The molecule has 0 N–H and O–H groups in total. The second kappa shape index (κ2) is 7.18. The van der Waals surface area contributed by atoms with Crippen molar-refractivity contribution >= 4 is 29.2 Å². The number of methoxy groups -OCH3 is 2. The minimum atomic E-state index is 0.499. The Hall–Kier alpha value is -2.20. The van der Waals surface area contributed by atoms with Crippen molar-refractivity contribution in [3.8, 4) is 11.5 Å². The van der Waals surface area contributed by atoms with Gasteiger partial charge in [0.2, 0.25) is 0 Å². The normalized spacial score (nSPS) is 10.8. The van der Waals surface area contributed by atoms with Gasteiger partial charge >= 0.3 is 0 Å². The van der Waals surface area contributed by atoms with E-state index in [-0.39, 0.29) is 0 Å². The second-order valence-corrected chi connectivity index (χ2v) is 5.31. The zero-order valence-electron chi connectivity index (χ0n) is 13.1. The topological polar surface area (TPSA) is 34.1 Å². The van der Waals surface area contributed by atoms with Crippen LogP contribution in [0.5, 0.6) is 11.5 Å². The van der Waals surface area contributed by atoms with Crippen molar-refractivity contribution in [2.45, 2.75) is 0 Å². The molecule has 2 aromatic rings. The van der Waals surface area contributed by atoms with Crippen LogP contribution in [-0.2, 0) is 0 Å². The Morgan fingerprint density at radius 1 is 1.00 bits per heavy atom. The van der Waals surface area contributed by atoms with Crippen LogP contribution in [0.3, 0.4) is 0 Å². The van der Waals surface area contributed by atoms with E-state index < -0.39 is 0 Å². The van der Waals surface area contributed by atoms with Crippen molar-refractivity contribution in [3.63, 3.8) is 0 Å². The Morgan fingerprint density at radius 3 is 2.18 bits per heavy atom. The van der Waals surface area contributed by atoms with E-state index in [9.17, 15) is 0 Å². The molecule has 0 unspecified atom stereocenters. The largest absolute Gasteiger partial charge is 0.495 e. The average Bonchev–Trinajstić information content (AvgIpc) is 2.53. The first-order chi connectivity index (χ1) is 10.5. The highest BCUT2D eigenvalue weighted by Crippen LogP contribution is 2.37. The number of hydrogen-bond acceptors (Lipinski definition) is 4. The summed E-state index contributed by atoms with van der Waals surface area (Å²) in [5.41, 5.74) is 2.80. The third-order valence-corrected chi connectivity index (χ3v) is 3.51. The van der Waals surface area contributed by atoms with Gasteiger partial charge in [0, 0.05) is 32.1 Å². The van der Waals surface area contributed by atoms with Crippen molar-refractivity contribution in [3.05, 3.63) is 47.0 Å². The molecule has 0 fully saturated rings. The van der Waals surface area contributed by atoms with Crippen LogP contribution in [-0.4, -0.2) is 34.5 Å². The fourth-order valence-electron chi connectivity index (χ4n) is 1.95. The Balaban J connectivity index is 2.27. The molecular weight excluding hydrogens is 300 g/mol. The highest BCUT2D eigenvalue weighted by molar-refractivity contribution is 6.32. The molecule has 0 saturated carbocycles. The van der Waals surface area contributed by atoms with E-state index in [0.29, 0.717) is 22.2 Å². The van der Waals surface area contributed by atoms with Crippen LogP contribution >= 0.6 is 11.6 Å². The molecule has 0 radical (unpaired) electrons. The molecule has 22 heavy (non-hydrogen) atoms. The molecule has 0 bridgehead atoms. The van der Waals surface area contributed by atoms with Crippen LogP contribution < -0.4 is 14.4 Å². The standard InChI is InChI=1S/C17H19ClN2O2/c1-20(2)13-7-5-12(6-8-13)11-19-15-9-14(18)16(21-3)10-17(15)22-4/h5-11H,1-4H3. The van der Waals surface area contributed by atoms with Crippen molar-refractivity contribution in [2.75, 3.05) is 33.2 Å². The molecule has 0 aliphatic rings. The van der Waals surface area contributed by atoms with E-state index in [2.05, 4.69) is 4.99 Å². The quantitative estimate of drug-likeness (QED) is 0.776. The number of hydrogen-bond donors (Lipinski definition) is 0. The van der Waals surface area contributed by atoms with E-state index >= 15 is 0 Å². The Bertz CT molecular complexity index is 667. The van der Waals surface area contributed by atoms with Gasteiger partial charge in [-0.2, -0.15) is 0 Å². The van der Waals surface area contributed by atoms with Crippen molar-refractivity contribution < 1.29 is 9.47 Å². The predicted molar refractivity (Wildman–Crippen MR) is 92.6 cm³/mol. The number of nitrogens with zero attached hydrogens (tertiary/aromatic N) is 2. The lowest BCUT2D eigenvalue weighted by molar-refractivity contribution is 0.395. The third kappa shape index (κ3) is 3.71. The average molecular weight is 319 g/mol. The van der Waals surface area contributed by atoms with Gasteiger partial charge in [0.15, 0.2) is 0 Å². The van der Waals surface area contributed by atoms with Crippen molar-refractivity contribution in [1.29, 1.82) is 0 Å². The summed E-state index contributed by atoms with van der Waals surface area (Å²) in [6.45, 7) is 0. The molecule has 0 saturated heterocycles. The lowest BCUT2D eigenvalue weighted by Gasteiger charge is -2.11. The molecule has 5 heteroatoms. The van der Waals surface area contributed by atoms with Gasteiger partial charge < -0.3 is 14.4 Å². The SMILES string of the molecule is COc1cc(OC)c(N=Cc2ccc(N(C)C)cc2)cc1Cl. The maximum atomic E-state index is 6.14. The Labute approximate surface area is 135 Å². The number of rotatable bonds is 5. The van der Waals surface area contributed by atoms with Gasteiger partial charge in [0.05, 0.1) is 19.2 Å². The number of aliphatic imine (C=N–C) groups is 1. The summed E-state index contributed by atoms with van der Waals surface area (Å²) in [6.07, 6.45) is 1.78. The highest BCUT2D eigenvalue weighted by Gasteiger charge is 2.08. The molecule has 0 amide bonds. The number of benzene rings is 2.